The van der Waals surface area contributed by atoms with Gasteiger partial charge < -0.3 is 4.90 Å². The fourth-order valence-electron chi connectivity index (χ4n) is 3.63. The molecule has 0 amide bonds. The van der Waals surface area contributed by atoms with Crippen LogP contribution in [0.15, 0.2) is 85.1 Å². The van der Waals surface area contributed by atoms with E-state index in [-0.39, 0.29) is 11.5 Å². The van der Waals surface area contributed by atoms with Crippen LogP contribution in [0.1, 0.15) is 22.8 Å². The Bertz CT molecular complexity index is 1270. The van der Waals surface area contributed by atoms with Crippen molar-refractivity contribution in [3.63, 3.8) is 0 Å². The van der Waals surface area contributed by atoms with Crippen LogP contribution < -0.4 is 4.90 Å². The molecule has 0 aliphatic rings. The van der Waals surface area contributed by atoms with Crippen molar-refractivity contribution in [1.29, 1.82) is 0 Å². The number of benzene rings is 3. The number of aromatic nitrogens is 2. The van der Waals surface area contributed by atoms with Gasteiger partial charge in [0.25, 0.3) is 5.69 Å². The smallest absolute Gasteiger partial charge is 0.293 e. The zero-order valence-electron chi connectivity index (χ0n) is 17.8. The van der Waals surface area contributed by atoms with E-state index >= 15 is 0 Å². The molecule has 0 radical (unpaired) electrons. The first-order valence-electron chi connectivity index (χ1n) is 10.1. The molecule has 0 spiro atoms. The second-order valence-electron chi connectivity index (χ2n) is 7.52. The van der Waals surface area contributed by atoms with Crippen molar-refractivity contribution in [2.45, 2.75) is 13.5 Å². The maximum absolute atomic E-state index is 11.7. The number of hydrogen-bond acceptors (Lipinski definition) is 5. The minimum absolute atomic E-state index is 0.100. The number of nitrogens with zero attached hydrogens (tertiary/aromatic N) is 4. The van der Waals surface area contributed by atoms with E-state index in [1.165, 1.54) is 13.0 Å². The summed E-state index contributed by atoms with van der Waals surface area (Å²) in [5.41, 5.74) is 4.28. The average Bonchev–Trinajstić information content (AvgIpc) is 3.23. The van der Waals surface area contributed by atoms with Crippen LogP contribution in [0.2, 0.25) is 0 Å². The zero-order chi connectivity index (χ0) is 22.7. The molecular formula is C25H22N4O3. The van der Waals surface area contributed by atoms with Gasteiger partial charge in [0.05, 0.1) is 16.3 Å². The number of para-hydroxylation sites is 1. The van der Waals surface area contributed by atoms with Crippen LogP contribution in [-0.4, -0.2) is 27.5 Å². The lowest BCUT2D eigenvalue weighted by atomic mass is 10.1. The number of carbonyl (C=O) groups excluding carboxylic acids is 1. The predicted octanol–water partition coefficient (Wildman–Crippen LogP) is 5.29. The molecule has 160 valence electrons. The largest absolute Gasteiger partial charge is 0.365 e. The molecule has 7 heteroatoms. The summed E-state index contributed by atoms with van der Waals surface area (Å²) in [6.07, 6.45) is 1.95. The van der Waals surface area contributed by atoms with Gasteiger partial charge in [0.1, 0.15) is 5.69 Å². The van der Waals surface area contributed by atoms with E-state index in [9.17, 15) is 14.9 Å². The quantitative estimate of drug-likeness (QED) is 0.228. The number of nitro groups is 1. The summed E-state index contributed by atoms with van der Waals surface area (Å²) in [6, 6.07) is 24.2. The molecular weight excluding hydrogens is 404 g/mol. The second kappa shape index (κ2) is 8.85. The first-order valence-corrected chi connectivity index (χ1v) is 10.1. The zero-order valence-corrected chi connectivity index (χ0v) is 17.8. The number of carbonyl (C=O) groups is 1. The van der Waals surface area contributed by atoms with Crippen LogP contribution in [0.5, 0.6) is 0 Å². The van der Waals surface area contributed by atoms with Gasteiger partial charge in [-0.1, -0.05) is 48.5 Å². The molecule has 1 aromatic heterocycles. The normalized spacial score (nSPS) is 10.7. The lowest BCUT2D eigenvalue weighted by Crippen LogP contribution is -2.18. The Hall–Kier alpha value is -4.26. The highest BCUT2D eigenvalue weighted by Crippen LogP contribution is 2.32. The van der Waals surface area contributed by atoms with Gasteiger partial charge in [-0.3, -0.25) is 14.9 Å². The number of anilines is 1. The van der Waals surface area contributed by atoms with Crippen LogP contribution in [-0.2, 0) is 6.54 Å². The molecule has 0 unspecified atom stereocenters. The third-order valence-electron chi connectivity index (χ3n) is 5.26. The molecule has 4 rings (SSSR count). The minimum atomic E-state index is -0.455. The number of rotatable bonds is 7. The molecule has 0 aliphatic carbocycles. The third-order valence-corrected chi connectivity index (χ3v) is 5.26. The van der Waals surface area contributed by atoms with Crippen molar-refractivity contribution in [2.75, 3.05) is 11.9 Å². The minimum Gasteiger partial charge on any atom is -0.365 e. The van der Waals surface area contributed by atoms with Crippen LogP contribution in [0.3, 0.4) is 0 Å². The Kier molecular flexibility index (Phi) is 5.81. The molecule has 4 aromatic rings. The summed E-state index contributed by atoms with van der Waals surface area (Å²) in [5.74, 6) is -0.210. The van der Waals surface area contributed by atoms with E-state index in [0.29, 0.717) is 17.8 Å². The van der Waals surface area contributed by atoms with E-state index in [2.05, 4.69) is 0 Å². The highest BCUT2D eigenvalue weighted by Gasteiger charge is 2.21. The number of hydrogen-bond donors (Lipinski definition) is 0. The standard InChI is InChI=1S/C25H22N4O3/c1-18(30)20-13-14-23(24(15-20)29(31)32)27(2)16-21-17-28(22-11-7-4-8-12-22)26-25(21)19-9-5-3-6-10-19/h3-15,17H,16H2,1-2H3. The summed E-state index contributed by atoms with van der Waals surface area (Å²) in [4.78, 5) is 24.7. The summed E-state index contributed by atoms with van der Waals surface area (Å²) < 4.78 is 1.82. The lowest BCUT2D eigenvalue weighted by Gasteiger charge is -2.19. The van der Waals surface area contributed by atoms with E-state index in [1.807, 2.05) is 71.5 Å². The first-order chi connectivity index (χ1) is 15.4. The number of nitro benzene ring substituents is 1. The lowest BCUT2D eigenvalue weighted by molar-refractivity contribution is -0.384. The monoisotopic (exact) mass is 426 g/mol. The summed E-state index contributed by atoms with van der Waals surface area (Å²) >= 11 is 0. The topological polar surface area (TPSA) is 81.3 Å². The average molecular weight is 426 g/mol. The molecule has 3 aromatic carbocycles. The van der Waals surface area contributed by atoms with E-state index in [4.69, 9.17) is 5.10 Å². The van der Waals surface area contributed by atoms with Crippen LogP contribution in [0.4, 0.5) is 11.4 Å². The summed E-state index contributed by atoms with van der Waals surface area (Å²) in [5, 5.41) is 16.5. The fourth-order valence-corrected chi connectivity index (χ4v) is 3.63. The van der Waals surface area contributed by atoms with Gasteiger partial charge in [-0.2, -0.15) is 5.10 Å². The summed E-state index contributed by atoms with van der Waals surface area (Å²) in [6.45, 7) is 1.80. The molecule has 0 bridgehead atoms. The maximum atomic E-state index is 11.7. The molecule has 0 aliphatic heterocycles. The molecule has 0 atom stereocenters. The van der Waals surface area contributed by atoms with Crippen LogP contribution in [0.25, 0.3) is 16.9 Å². The SMILES string of the molecule is CC(=O)c1ccc(N(C)Cc2cn(-c3ccccc3)nc2-c2ccccc2)c([N+](=O)[O-])c1. The highest BCUT2D eigenvalue weighted by atomic mass is 16.6. The summed E-state index contributed by atoms with van der Waals surface area (Å²) in [7, 11) is 1.80. The highest BCUT2D eigenvalue weighted by molar-refractivity contribution is 5.95. The van der Waals surface area contributed by atoms with Crippen molar-refractivity contribution in [3.05, 3.63) is 106 Å². The van der Waals surface area contributed by atoms with Gasteiger partial charge in [0, 0.05) is 42.5 Å². The van der Waals surface area contributed by atoms with Crippen molar-refractivity contribution < 1.29 is 9.72 Å². The maximum Gasteiger partial charge on any atom is 0.293 e. The molecule has 0 N–H and O–H groups in total. The Morgan fingerprint density at radius 2 is 1.69 bits per heavy atom. The van der Waals surface area contributed by atoms with Crippen LogP contribution >= 0.6 is 0 Å². The van der Waals surface area contributed by atoms with Gasteiger partial charge in [0.15, 0.2) is 5.78 Å². The first kappa shape index (κ1) is 21.0. The van der Waals surface area contributed by atoms with Gasteiger partial charge in [-0.05, 0) is 31.2 Å². The van der Waals surface area contributed by atoms with Crippen molar-refractivity contribution >= 4 is 17.2 Å². The second-order valence-corrected chi connectivity index (χ2v) is 7.52. The Balaban J connectivity index is 1.75. The van der Waals surface area contributed by atoms with Gasteiger partial charge in [0.2, 0.25) is 0 Å². The van der Waals surface area contributed by atoms with E-state index in [0.717, 1.165) is 22.5 Å². The molecule has 32 heavy (non-hydrogen) atoms. The molecule has 0 saturated carbocycles. The fraction of sp³-hybridized carbons (Fsp3) is 0.120. The third kappa shape index (κ3) is 4.27. The van der Waals surface area contributed by atoms with E-state index < -0.39 is 4.92 Å². The van der Waals surface area contributed by atoms with Gasteiger partial charge >= 0.3 is 0 Å². The van der Waals surface area contributed by atoms with Crippen molar-refractivity contribution in [3.8, 4) is 16.9 Å². The molecule has 0 saturated heterocycles. The molecule has 7 nitrogen and oxygen atoms in total. The van der Waals surface area contributed by atoms with Crippen LogP contribution in [0, 0.1) is 10.1 Å². The van der Waals surface area contributed by atoms with Gasteiger partial charge in [-0.25, -0.2) is 4.68 Å². The van der Waals surface area contributed by atoms with Gasteiger partial charge in [-0.15, -0.1) is 0 Å². The Morgan fingerprint density at radius 3 is 2.31 bits per heavy atom. The van der Waals surface area contributed by atoms with E-state index in [1.54, 1.807) is 24.1 Å². The predicted molar refractivity (Wildman–Crippen MR) is 124 cm³/mol. The molecule has 0 fully saturated rings. The Morgan fingerprint density at radius 1 is 1.03 bits per heavy atom. The van der Waals surface area contributed by atoms with Crippen molar-refractivity contribution in [1.82, 2.24) is 9.78 Å². The van der Waals surface area contributed by atoms with Crippen molar-refractivity contribution in [2.24, 2.45) is 0 Å². The number of Topliss-reactive ketones (excluding diaryl/α,β-unsaturated/α-hetero) is 1. The Labute approximate surface area is 185 Å². The number of ketones is 1. The molecule has 1 heterocycles.